The van der Waals surface area contributed by atoms with Gasteiger partial charge in [-0.25, -0.2) is 4.99 Å². The SMILES string of the molecule is C=C(NOCC)c1cc(C)c(N=CN(C)CC)cc1C. The highest BCUT2D eigenvalue weighted by Gasteiger charge is 2.07. The van der Waals surface area contributed by atoms with E-state index in [1.807, 2.05) is 25.2 Å². The molecule has 0 amide bonds. The number of hydrogen-bond acceptors (Lipinski definition) is 3. The molecule has 4 heteroatoms. The third-order valence-corrected chi connectivity index (χ3v) is 3.10. The minimum atomic E-state index is 0.600. The van der Waals surface area contributed by atoms with Crippen molar-refractivity contribution >= 4 is 17.7 Å². The van der Waals surface area contributed by atoms with Crippen LogP contribution in [0, 0.1) is 13.8 Å². The van der Waals surface area contributed by atoms with Gasteiger partial charge in [-0.05, 0) is 51.0 Å². The molecule has 0 saturated heterocycles. The zero-order valence-corrected chi connectivity index (χ0v) is 13.2. The summed E-state index contributed by atoms with van der Waals surface area (Å²) in [5.74, 6) is 0. The molecule has 1 N–H and O–H groups in total. The Labute approximate surface area is 122 Å². The van der Waals surface area contributed by atoms with Crippen LogP contribution in [0.4, 0.5) is 5.69 Å². The van der Waals surface area contributed by atoms with E-state index in [0.717, 1.165) is 34.6 Å². The number of nitrogens with zero attached hydrogens (tertiary/aromatic N) is 2. The van der Waals surface area contributed by atoms with Gasteiger partial charge < -0.3 is 4.90 Å². The quantitative estimate of drug-likeness (QED) is 0.470. The fourth-order valence-corrected chi connectivity index (χ4v) is 1.72. The van der Waals surface area contributed by atoms with Crippen molar-refractivity contribution in [3.8, 4) is 0 Å². The number of rotatable bonds is 7. The number of benzene rings is 1. The lowest BCUT2D eigenvalue weighted by Gasteiger charge is -2.14. The van der Waals surface area contributed by atoms with Crippen LogP contribution in [0.15, 0.2) is 23.7 Å². The predicted molar refractivity (Wildman–Crippen MR) is 86.2 cm³/mol. The largest absolute Gasteiger partial charge is 0.366 e. The van der Waals surface area contributed by atoms with Crippen LogP contribution >= 0.6 is 0 Å². The van der Waals surface area contributed by atoms with Crippen molar-refractivity contribution in [3.63, 3.8) is 0 Å². The van der Waals surface area contributed by atoms with Gasteiger partial charge in [-0.2, -0.15) is 0 Å². The maximum Gasteiger partial charge on any atom is 0.0909 e. The van der Waals surface area contributed by atoms with E-state index in [1.54, 1.807) is 0 Å². The van der Waals surface area contributed by atoms with Crippen LogP contribution in [0.2, 0.25) is 0 Å². The summed E-state index contributed by atoms with van der Waals surface area (Å²) in [4.78, 5) is 11.7. The van der Waals surface area contributed by atoms with Crippen molar-refractivity contribution in [3.05, 3.63) is 35.4 Å². The topological polar surface area (TPSA) is 36.9 Å². The second kappa shape index (κ2) is 7.70. The number of aryl methyl sites for hydroxylation is 2. The summed E-state index contributed by atoms with van der Waals surface area (Å²) in [5, 5.41) is 0. The van der Waals surface area contributed by atoms with E-state index in [2.05, 4.69) is 50.0 Å². The predicted octanol–water partition coefficient (Wildman–Crippen LogP) is 3.43. The Hall–Kier alpha value is -1.81. The van der Waals surface area contributed by atoms with Crippen LogP contribution in [0.5, 0.6) is 0 Å². The van der Waals surface area contributed by atoms with E-state index in [4.69, 9.17) is 4.84 Å². The zero-order chi connectivity index (χ0) is 15.1. The number of hydrogen-bond donors (Lipinski definition) is 1. The van der Waals surface area contributed by atoms with Gasteiger partial charge >= 0.3 is 0 Å². The summed E-state index contributed by atoms with van der Waals surface area (Å²) in [6, 6.07) is 4.16. The highest BCUT2D eigenvalue weighted by Crippen LogP contribution is 2.26. The third kappa shape index (κ3) is 4.38. The molecule has 110 valence electrons. The van der Waals surface area contributed by atoms with Crippen LogP contribution in [0.25, 0.3) is 5.70 Å². The minimum absolute atomic E-state index is 0.600. The summed E-state index contributed by atoms with van der Waals surface area (Å²) in [6.07, 6.45) is 1.86. The van der Waals surface area contributed by atoms with Crippen molar-refractivity contribution in [2.75, 3.05) is 20.2 Å². The molecule has 1 aromatic rings. The van der Waals surface area contributed by atoms with Crippen LogP contribution in [0.3, 0.4) is 0 Å². The molecule has 0 aliphatic heterocycles. The van der Waals surface area contributed by atoms with E-state index in [-0.39, 0.29) is 0 Å². The van der Waals surface area contributed by atoms with E-state index >= 15 is 0 Å². The summed E-state index contributed by atoms with van der Waals surface area (Å²) in [5.41, 5.74) is 7.90. The average Bonchev–Trinajstić information content (AvgIpc) is 2.44. The Balaban J connectivity index is 2.97. The molecule has 0 unspecified atom stereocenters. The first-order chi connectivity index (χ1) is 9.49. The van der Waals surface area contributed by atoms with E-state index < -0.39 is 0 Å². The van der Waals surface area contributed by atoms with Crippen LogP contribution in [-0.2, 0) is 4.84 Å². The summed E-state index contributed by atoms with van der Waals surface area (Å²) in [7, 11) is 2.01. The van der Waals surface area contributed by atoms with Crippen molar-refractivity contribution in [1.29, 1.82) is 0 Å². The molecule has 0 aliphatic carbocycles. The van der Waals surface area contributed by atoms with Gasteiger partial charge in [-0.15, -0.1) is 0 Å². The van der Waals surface area contributed by atoms with Gasteiger partial charge in [-0.1, -0.05) is 6.58 Å². The molecular formula is C16H25N3O. The molecule has 4 nitrogen and oxygen atoms in total. The molecule has 1 aromatic carbocycles. The lowest BCUT2D eigenvalue weighted by molar-refractivity contribution is 0.0901. The first kappa shape index (κ1) is 16.2. The Kier molecular flexibility index (Phi) is 6.25. The van der Waals surface area contributed by atoms with E-state index in [9.17, 15) is 0 Å². The normalized spacial score (nSPS) is 10.8. The van der Waals surface area contributed by atoms with Gasteiger partial charge in [0, 0.05) is 19.2 Å². The lowest BCUT2D eigenvalue weighted by atomic mass is 10.0. The molecule has 0 fully saturated rings. The molecule has 0 heterocycles. The van der Waals surface area contributed by atoms with Gasteiger partial charge in [0.25, 0.3) is 0 Å². The standard InChI is InChI=1S/C16H25N3O/c1-7-19(6)11-17-16-10-12(3)15(9-13(16)4)14(5)18-20-8-2/h9-11,18H,5,7-8H2,1-4,6H3. The fraction of sp³-hybridized carbons (Fsp3) is 0.438. The minimum Gasteiger partial charge on any atom is -0.366 e. The Bertz CT molecular complexity index is 495. The monoisotopic (exact) mass is 275 g/mol. The van der Waals surface area contributed by atoms with Crippen molar-refractivity contribution in [1.82, 2.24) is 10.4 Å². The van der Waals surface area contributed by atoms with Crippen molar-refractivity contribution in [2.24, 2.45) is 4.99 Å². The number of nitrogens with one attached hydrogen (secondary N) is 1. The van der Waals surface area contributed by atoms with Gasteiger partial charge in [0.2, 0.25) is 0 Å². The second-order valence-corrected chi connectivity index (χ2v) is 4.79. The molecule has 0 aromatic heterocycles. The highest BCUT2D eigenvalue weighted by molar-refractivity contribution is 5.70. The Morgan fingerprint density at radius 1 is 1.35 bits per heavy atom. The average molecular weight is 275 g/mol. The van der Waals surface area contributed by atoms with Gasteiger partial charge in [0.1, 0.15) is 0 Å². The molecule has 1 rings (SSSR count). The maximum atomic E-state index is 5.18. The number of aliphatic imine (C=N–C) groups is 1. The van der Waals surface area contributed by atoms with Crippen LogP contribution in [0.1, 0.15) is 30.5 Å². The van der Waals surface area contributed by atoms with Crippen molar-refractivity contribution < 1.29 is 4.84 Å². The summed E-state index contributed by atoms with van der Waals surface area (Å²) in [6.45, 7) is 13.7. The molecule has 0 atom stereocenters. The van der Waals surface area contributed by atoms with Gasteiger partial charge in [-0.3, -0.25) is 10.3 Å². The first-order valence-electron chi connectivity index (χ1n) is 6.92. The Morgan fingerprint density at radius 3 is 2.65 bits per heavy atom. The zero-order valence-electron chi connectivity index (χ0n) is 13.2. The highest BCUT2D eigenvalue weighted by atomic mass is 16.6. The first-order valence-corrected chi connectivity index (χ1v) is 6.92. The van der Waals surface area contributed by atoms with Gasteiger partial charge in [0.05, 0.1) is 24.3 Å². The summed E-state index contributed by atoms with van der Waals surface area (Å²) >= 11 is 0. The van der Waals surface area contributed by atoms with Crippen LogP contribution in [-0.4, -0.2) is 31.4 Å². The molecule has 0 radical (unpaired) electrons. The molecule has 0 aliphatic rings. The number of hydroxylamine groups is 1. The van der Waals surface area contributed by atoms with Crippen LogP contribution < -0.4 is 5.48 Å². The molecule has 20 heavy (non-hydrogen) atoms. The molecule has 0 spiro atoms. The molecular weight excluding hydrogens is 250 g/mol. The van der Waals surface area contributed by atoms with Gasteiger partial charge in [0.15, 0.2) is 0 Å². The van der Waals surface area contributed by atoms with E-state index in [1.165, 1.54) is 0 Å². The maximum absolute atomic E-state index is 5.18. The summed E-state index contributed by atoms with van der Waals surface area (Å²) < 4.78 is 0. The molecule has 0 saturated carbocycles. The Morgan fingerprint density at radius 2 is 2.05 bits per heavy atom. The molecule has 0 bridgehead atoms. The smallest absolute Gasteiger partial charge is 0.0909 e. The fourth-order valence-electron chi connectivity index (χ4n) is 1.72. The van der Waals surface area contributed by atoms with E-state index in [0.29, 0.717) is 6.61 Å². The lowest BCUT2D eigenvalue weighted by Crippen LogP contribution is -2.14. The third-order valence-electron chi connectivity index (χ3n) is 3.10. The second-order valence-electron chi connectivity index (χ2n) is 4.79. The van der Waals surface area contributed by atoms with Crippen molar-refractivity contribution in [2.45, 2.75) is 27.7 Å².